The van der Waals surface area contributed by atoms with Crippen LogP contribution in [0.2, 0.25) is 0 Å². The lowest BCUT2D eigenvalue weighted by molar-refractivity contribution is -0.133. The van der Waals surface area contributed by atoms with E-state index in [2.05, 4.69) is 4.52 Å². The minimum Gasteiger partial charge on any atom is -0.395 e. The lowest BCUT2D eigenvalue weighted by atomic mass is 10.0. The van der Waals surface area contributed by atoms with Gasteiger partial charge in [0.1, 0.15) is 5.75 Å². The molecule has 0 bridgehead atoms. The van der Waals surface area contributed by atoms with Gasteiger partial charge in [-0.05, 0) is 23.6 Å². The zero-order valence-corrected chi connectivity index (χ0v) is 10.8. The minimum atomic E-state index is -4.36. The Kier molecular flexibility index (Phi) is 4.32. The SMILES string of the molecule is CC(=O)OP(=O)(O)Oc1ccc(C(C)C)cc1. The average molecular weight is 258 g/mol. The first-order valence-corrected chi connectivity index (χ1v) is 6.62. The van der Waals surface area contributed by atoms with Crippen LogP contribution in [-0.4, -0.2) is 10.9 Å². The van der Waals surface area contributed by atoms with Crippen molar-refractivity contribution < 1.29 is 23.3 Å². The van der Waals surface area contributed by atoms with Crippen LogP contribution in [-0.2, 0) is 13.9 Å². The fourth-order valence-electron chi connectivity index (χ4n) is 1.23. The number of hydrogen-bond acceptors (Lipinski definition) is 4. The van der Waals surface area contributed by atoms with Gasteiger partial charge in [-0.1, -0.05) is 26.0 Å². The second-order valence-corrected chi connectivity index (χ2v) is 5.17. The highest BCUT2D eigenvalue weighted by atomic mass is 31.2. The Morgan fingerprint density at radius 2 is 1.82 bits per heavy atom. The molecule has 6 heteroatoms. The van der Waals surface area contributed by atoms with Crippen LogP contribution in [0.4, 0.5) is 0 Å². The number of carbonyl (C=O) groups is 1. The van der Waals surface area contributed by atoms with Crippen molar-refractivity contribution in [3.8, 4) is 5.75 Å². The molecule has 94 valence electrons. The monoisotopic (exact) mass is 258 g/mol. The first-order chi connectivity index (χ1) is 7.80. The number of phosphoric acid groups is 1. The number of rotatable bonds is 4. The third-order valence-electron chi connectivity index (χ3n) is 2.01. The van der Waals surface area contributed by atoms with E-state index in [1.165, 1.54) is 0 Å². The molecule has 0 aliphatic heterocycles. The van der Waals surface area contributed by atoms with Crippen LogP contribution in [0.25, 0.3) is 0 Å². The molecule has 0 saturated heterocycles. The fourth-order valence-corrected chi connectivity index (χ4v) is 1.98. The number of phosphoric ester groups is 1. The molecule has 1 unspecified atom stereocenters. The summed E-state index contributed by atoms with van der Waals surface area (Å²) in [5.74, 6) is -0.324. The van der Waals surface area contributed by atoms with Crippen LogP contribution in [0.5, 0.6) is 5.75 Å². The van der Waals surface area contributed by atoms with Crippen LogP contribution < -0.4 is 4.52 Å². The van der Waals surface area contributed by atoms with E-state index in [9.17, 15) is 14.3 Å². The highest BCUT2D eigenvalue weighted by Gasteiger charge is 2.26. The summed E-state index contributed by atoms with van der Waals surface area (Å²) < 4.78 is 20.2. The van der Waals surface area contributed by atoms with E-state index in [-0.39, 0.29) is 5.75 Å². The lowest BCUT2D eigenvalue weighted by Crippen LogP contribution is -2.01. The first-order valence-electron chi connectivity index (χ1n) is 5.12. The maximum atomic E-state index is 11.3. The van der Waals surface area contributed by atoms with Gasteiger partial charge in [-0.3, -0.25) is 9.69 Å². The van der Waals surface area contributed by atoms with Crippen molar-refractivity contribution >= 4 is 13.8 Å². The summed E-state index contributed by atoms with van der Waals surface area (Å²) >= 11 is 0. The van der Waals surface area contributed by atoms with Crippen molar-refractivity contribution in [3.63, 3.8) is 0 Å². The summed E-state index contributed by atoms with van der Waals surface area (Å²) in [4.78, 5) is 19.8. The summed E-state index contributed by atoms with van der Waals surface area (Å²) in [7, 11) is -4.36. The summed E-state index contributed by atoms with van der Waals surface area (Å²) in [6, 6.07) is 6.69. The minimum absolute atomic E-state index is 0.182. The summed E-state index contributed by atoms with van der Waals surface area (Å²) in [6.07, 6.45) is 0. The highest BCUT2D eigenvalue weighted by Crippen LogP contribution is 2.43. The topological polar surface area (TPSA) is 72.8 Å². The van der Waals surface area contributed by atoms with Gasteiger partial charge in [0.25, 0.3) is 0 Å². The average Bonchev–Trinajstić information content (AvgIpc) is 2.15. The predicted molar refractivity (Wildman–Crippen MR) is 62.8 cm³/mol. The quantitative estimate of drug-likeness (QED) is 0.840. The Labute approximate surface area is 100.0 Å². The molecule has 0 aromatic heterocycles. The molecule has 0 saturated carbocycles. The second-order valence-electron chi connectivity index (χ2n) is 3.87. The Balaban J connectivity index is 2.75. The normalized spacial score (nSPS) is 14.2. The van der Waals surface area contributed by atoms with Gasteiger partial charge < -0.3 is 9.05 Å². The zero-order chi connectivity index (χ0) is 13.1. The highest BCUT2D eigenvalue weighted by molar-refractivity contribution is 7.48. The Bertz CT molecular complexity index is 438. The molecule has 1 atom stereocenters. The summed E-state index contributed by atoms with van der Waals surface area (Å²) in [5.41, 5.74) is 1.08. The van der Waals surface area contributed by atoms with E-state index < -0.39 is 13.8 Å². The van der Waals surface area contributed by atoms with Crippen LogP contribution in [0.3, 0.4) is 0 Å². The number of hydrogen-bond donors (Lipinski definition) is 1. The van der Waals surface area contributed by atoms with Crippen LogP contribution in [0.15, 0.2) is 24.3 Å². The van der Waals surface area contributed by atoms with Crippen molar-refractivity contribution in [2.45, 2.75) is 26.7 Å². The first kappa shape index (κ1) is 13.7. The molecule has 0 aliphatic carbocycles. The second kappa shape index (κ2) is 5.34. The van der Waals surface area contributed by atoms with Crippen LogP contribution in [0, 0.1) is 0 Å². The predicted octanol–water partition coefficient (Wildman–Crippen LogP) is 2.85. The van der Waals surface area contributed by atoms with E-state index in [0.29, 0.717) is 5.92 Å². The molecule has 1 rings (SSSR count). The van der Waals surface area contributed by atoms with Gasteiger partial charge in [-0.25, -0.2) is 4.57 Å². The Morgan fingerprint density at radius 1 is 1.29 bits per heavy atom. The van der Waals surface area contributed by atoms with E-state index in [0.717, 1.165) is 12.5 Å². The van der Waals surface area contributed by atoms with Gasteiger partial charge in [-0.15, -0.1) is 0 Å². The lowest BCUT2D eigenvalue weighted by Gasteiger charge is -2.12. The van der Waals surface area contributed by atoms with Gasteiger partial charge >= 0.3 is 13.8 Å². The maximum absolute atomic E-state index is 11.3. The number of benzene rings is 1. The van der Waals surface area contributed by atoms with E-state index >= 15 is 0 Å². The summed E-state index contributed by atoms with van der Waals surface area (Å²) in [6.45, 7) is 5.10. The Morgan fingerprint density at radius 3 is 2.24 bits per heavy atom. The van der Waals surface area contributed by atoms with Crippen molar-refractivity contribution in [2.75, 3.05) is 0 Å². The maximum Gasteiger partial charge on any atom is 0.587 e. The van der Waals surface area contributed by atoms with Gasteiger partial charge in [0, 0.05) is 6.92 Å². The molecular weight excluding hydrogens is 243 g/mol. The number of carbonyl (C=O) groups excluding carboxylic acids is 1. The molecule has 0 heterocycles. The molecule has 0 amide bonds. The van der Waals surface area contributed by atoms with Crippen molar-refractivity contribution in [2.24, 2.45) is 0 Å². The molecule has 1 aromatic rings. The van der Waals surface area contributed by atoms with Gasteiger partial charge in [0.05, 0.1) is 0 Å². The fraction of sp³-hybridized carbons (Fsp3) is 0.364. The Hall–Kier alpha value is -1.32. The van der Waals surface area contributed by atoms with Gasteiger partial charge in [-0.2, -0.15) is 0 Å². The van der Waals surface area contributed by atoms with Gasteiger partial charge in [0.2, 0.25) is 0 Å². The van der Waals surface area contributed by atoms with E-state index in [4.69, 9.17) is 4.52 Å². The van der Waals surface area contributed by atoms with Crippen molar-refractivity contribution in [1.82, 2.24) is 0 Å². The largest absolute Gasteiger partial charge is 0.587 e. The van der Waals surface area contributed by atoms with Crippen molar-refractivity contribution in [3.05, 3.63) is 29.8 Å². The summed E-state index contributed by atoms with van der Waals surface area (Å²) in [5, 5.41) is 0. The van der Waals surface area contributed by atoms with Crippen LogP contribution >= 0.6 is 7.82 Å². The standard InChI is InChI=1S/C11H15O5P/c1-8(2)10-4-6-11(7-5-10)16-17(13,14)15-9(3)12/h4-8H,1-3H3,(H,13,14). The molecule has 0 fully saturated rings. The molecule has 1 aromatic carbocycles. The molecule has 0 spiro atoms. The molecule has 5 nitrogen and oxygen atoms in total. The molecule has 0 radical (unpaired) electrons. The third kappa shape index (κ3) is 4.59. The molecule has 0 aliphatic rings. The smallest absolute Gasteiger partial charge is 0.395 e. The molecule has 17 heavy (non-hydrogen) atoms. The molecular formula is C11H15O5P. The van der Waals surface area contributed by atoms with E-state index in [1.807, 2.05) is 13.8 Å². The van der Waals surface area contributed by atoms with Crippen LogP contribution in [0.1, 0.15) is 32.3 Å². The zero-order valence-electron chi connectivity index (χ0n) is 9.91. The van der Waals surface area contributed by atoms with Gasteiger partial charge in [0.15, 0.2) is 0 Å². The third-order valence-corrected chi connectivity index (χ3v) is 2.94. The van der Waals surface area contributed by atoms with Crippen molar-refractivity contribution in [1.29, 1.82) is 0 Å². The molecule has 1 N–H and O–H groups in total. The van der Waals surface area contributed by atoms with E-state index in [1.54, 1.807) is 24.3 Å².